The second-order valence-electron chi connectivity index (χ2n) is 6.51. The standard InChI is InChI=1S/C20H27N/c1-4-14(3)13-19(21-5-2)17-12-11-16-10-9-15-7-6-8-18(17)20(15)16/h6-8,11-12,14,19,21H,4-5,9-10,13H2,1-3H3. The summed E-state index contributed by atoms with van der Waals surface area (Å²) in [5.41, 5.74) is 4.59. The Labute approximate surface area is 128 Å². The quantitative estimate of drug-likeness (QED) is 0.783. The normalized spacial score (nSPS) is 16.3. The van der Waals surface area contributed by atoms with E-state index in [2.05, 4.69) is 56.4 Å². The van der Waals surface area contributed by atoms with Gasteiger partial charge < -0.3 is 5.32 Å². The van der Waals surface area contributed by atoms with Crippen molar-refractivity contribution >= 4 is 10.8 Å². The van der Waals surface area contributed by atoms with E-state index >= 15 is 0 Å². The van der Waals surface area contributed by atoms with Crippen LogP contribution in [0.1, 0.15) is 56.3 Å². The molecule has 0 bridgehead atoms. The van der Waals surface area contributed by atoms with E-state index in [4.69, 9.17) is 0 Å². The van der Waals surface area contributed by atoms with Crippen LogP contribution in [0.5, 0.6) is 0 Å². The summed E-state index contributed by atoms with van der Waals surface area (Å²) < 4.78 is 0. The Hall–Kier alpha value is -1.34. The highest BCUT2D eigenvalue weighted by Crippen LogP contribution is 2.36. The molecule has 1 nitrogen and oxygen atoms in total. The fourth-order valence-corrected chi connectivity index (χ4v) is 3.71. The molecule has 0 aromatic heterocycles. The lowest BCUT2D eigenvalue weighted by atomic mass is 9.90. The molecule has 0 saturated carbocycles. The van der Waals surface area contributed by atoms with Gasteiger partial charge in [-0.3, -0.25) is 0 Å². The number of benzene rings is 2. The molecule has 1 N–H and O–H groups in total. The lowest BCUT2D eigenvalue weighted by Gasteiger charge is -2.23. The number of hydrogen-bond acceptors (Lipinski definition) is 1. The first kappa shape index (κ1) is 14.6. The zero-order chi connectivity index (χ0) is 14.8. The summed E-state index contributed by atoms with van der Waals surface area (Å²) in [6.07, 6.45) is 4.91. The third-order valence-corrected chi connectivity index (χ3v) is 5.07. The molecule has 2 aromatic carbocycles. The van der Waals surface area contributed by atoms with Crippen LogP contribution in [0.15, 0.2) is 30.3 Å². The lowest BCUT2D eigenvalue weighted by Crippen LogP contribution is -2.23. The first-order valence-electron chi connectivity index (χ1n) is 8.51. The van der Waals surface area contributed by atoms with Crippen LogP contribution in [0.2, 0.25) is 0 Å². The van der Waals surface area contributed by atoms with Gasteiger partial charge in [0.1, 0.15) is 0 Å². The summed E-state index contributed by atoms with van der Waals surface area (Å²) >= 11 is 0. The predicted octanol–water partition coefficient (Wildman–Crippen LogP) is 5.03. The second kappa shape index (κ2) is 6.19. The highest BCUT2D eigenvalue weighted by molar-refractivity contribution is 5.93. The van der Waals surface area contributed by atoms with Gasteiger partial charge in [0.25, 0.3) is 0 Å². The Morgan fingerprint density at radius 2 is 1.81 bits per heavy atom. The number of nitrogens with one attached hydrogen (secondary N) is 1. The maximum atomic E-state index is 3.72. The summed E-state index contributed by atoms with van der Waals surface area (Å²) in [5.74, 6) is 0.761. The van der Waals surface area contributed by atoms with Gasteiger partial charge in [0.05, 0.1) is 0 Å². The molecular formula is C20H27N. The van der Waals surface area contributed by atoms with Gasteiger partial charge in [-0.25, -0.2) is 0 Å². The summed E-state index contributed by atoms with van der Waals surface area (Å²) in [7, 11) is 0. The first-order chi connectivity index (χ1) is 10.2. The van der Waals surface area contributed by atoms with Gasteiger partial charge in [-0.1, -0.05) is 57.5 Å². The fourth-order valence-electron chi connectivity index (χ4n) is 3.71. The van der Waals surface area contributed by atoms with Gasteiger partial charge in [-0.2, -0.15) is 0 Å². The van der Waals surface area contributed by atoms with E-state index in [9.17, 15) is 0 Å². The molecule has 0 aliphatic heterocycles. The van der Waals surface area contributed by atoms with Crippen molar-refractivity contribution in [2.45, 2.75) is 52.5 Å². The zero-order valence-corrected chi connectivity index (χ0v) is 13.6. The minimum absolute atomic E-state index is 0.481. The van der Waals surface area contributed by atoms with Crippen LogP contribution in [-0.4, -0.2) is 6.54 Å². The molecule has 1 aliphatic rings. The molecular weight excluding hydrogens is 254 g/mol. The molecule has 21 heavy (non-hydrogen) atoms. The van der Waals surface area contributed by atoms with Crippen LogP contribution in [0.25, 0.3) is 10.8 Å². The van der Waals surface area contributed by atoms with E-state index < -0.39 is 0 Å². The van der Waals surface area contributed by atoms with Crippen LogP contribution in [0.4, 0.5) is 0 Å². The number of rotatable bonds is 6. The highest BCUT2D eigenvalue weighted by atomic mass is 14.9. The average Bonchev–Trinajstić information content (AvgIpc) is 2.92. The van der Waals surface area contributed by atoms with Crippen LogP contribution in [-0.2, 0) is 12.8 Å². The lowest BCUT2D eigenvalue weighted by molar-refractivity contribution is 0.410. The van der Waals surface area contributed by atoms with Gasteiger partial charge in [0, 0.05) is 6.04 Å². The van der Waals surface area contributed by atoms with Crippen molar-refractivity contribution in [1.82, 2.24) is 5.32 Å². The largest absolute Gasteiger partial charge is 0.310 e. The first-order valence-corrected chi connectivity index (χ1v) is 8.51. The van der Waals surface area contributed by atoms with E-state index in [1.807, 2.05) is 0 Å². The second-order valence-corrected chi connectivity index (χ2v) is 6.51. The molecule has 0 radical (unpaired) electrons. The van der Waals surface area contributed by atoms with Crippen molar-refractivity contribution in [3.63, 3.8) is 0 Å². The van der Waals surface area contributed by atoms with Crippen LogP contribution in [0, 0.1) is 5.92 Å². The minimum Gasteiger partial charge on any atom is -0.310 e. The van der Waals surface area contributed by atoms with Crippen molar-refractivity contribution in [3.8, 4) is 0 Å². The molecule has 0 fully saturated rings. The summed E-state index contributed by atoms with van der Waals surface area (Å²) in [5, 5.41) is 6.74. The van der Waals surface area contributed by atoms with Gasteiger partial charge in [0.2, 0.25) is 0 Å². The van der Waals surface area contributed by atoms with Gasteiger partial charge in [-0.15, -0.1) is 0 Å². The van der Waals surface area contributed by atoms with Crippen LogP contribution in [0.3, 0.4) is 0 Å². The van der Waals surface area contributed by atoms with Crippen molar-refractivity contribution in [1.29, 1.82) is 0 Å². The van der Waals surface area contributed by atoms with E-state index in [-0.39, 0.29) is 0 Å². The number of hydrogen-bond donors (Lipinski definition) is 1. The molecule has 1 aliphatic carbocycles. The van der Waals surface area contributed by atoms with E-state index in [0.717, 1.165) is 12.5 Å². The summed E-state index contributed by atoms with van der Waals surface area (Å²) in [4.78, 5) is 0. The Kier molecular flexibility index (Phi) is 4.30. The number of aryl methyl sites for hydroxylation is 2. The summed E-state index contributed by atoms with van der Waals surface area (Å²) in [6, 6.07) is 12.1. The molecule has 0 spiro atoms. The molecule has 0 amide bonds. The Morgan fingerprint density at radius 1 is 1.05 bits per heavy atom. The smallest absolute Gasteiger partial charge is 0.0328 e. The summed E-state index contributed by atoms with van der Waals surface area (Å²) in [6.45, 7) is 7.90. The highest BCUT2D eigenvalue weighted by Gasteiger charge is 2.20. The third kappa shape index (κ3) is 2.72. The molecule has 2 aromatic rings. The monoisotopic (exact) mass is 281 g/mol. The van der Waals surface area contributed by atoms with Crippen LogP contribution < -0.4 is 5.32 Å². The zero-order valence-electron chi connectivity index (χ0n) is 13.6. The molecule has 1 heteroatoms. The van der Waals surface area contributed by atoms with E-state index in [1.165, 1.54) is 36.6 Å². The van der Waals surface area contributed by atoms with Crippen molar-refractivity contribution < 1.29 is 0 Å². The maximum absolute atomic E-state index is 3.72. The Morgan fingerprint density at radius 3 is 2.52 bits per heavy atom. The SMILES string of the molecule is CCNC(CC(C)CC)c1ccc2c3c(cccc13)CC2. The van der Waals surface area contributed by atoms with Gasteiger partial charge in [0.15, 0.2) is 0 Å². The van der Waals surface area contributed by atoms with Crippen molar-refractivity contribution in [2.24, 2.45) is 5.92 Å². The van der Waals surface area contributed by atoms with Crippen molar-refractivity contribution in [2.75, 3.05) is 6.54 Å². The molecule has 2 unspecified atom stereocenters. The fraction of sp³-hybridized carbons (Fsp3) is 0.500. The minimum atomic E-state index is 0.481. The molecule has 2 atom stereocenters. The third-order valence-electron chi connectivity index (χ3n) is 5.07. The topological polar surface area (TPSA) is 12.0 Å². The Balaban J connectivity index is 2.06. The average molecular weight is 281 g/mol. The van der Waals surface area contributed by atoms with Crippen molar-refractivity contribution in [3.05, 3.63) is 47.0 Å². The molecule has 3 rings (SSSR count). The van der Waals surface area contributed by atoms with Crippen LogP contribution >= 0.6 is 0 Å². The van der Waals surface area contributed by atoms with Gasteiger partial charge in [-0.05, 0) is 59.2 Å². The predicted molar refractivity (Wildman–Crippen MR) is 91.8 cm³/mol. The van der Waals surface area contributed by atoms with E-state index in [1.54, 1.807) is 16.5 Å². The maximum Gasteiger partial charge on any atom is 0.0328 e. The Bertz CT molecular complexity index is 619. The molecule has 112 valence electrons. The molecule has 0 saturated heterocycles. The van der Waals surface area contributed by atoms with E-state index in [0.29, 0.717) is 6.04 Å². The molecule has 0 heterocycles. The van der Waals surface area contributed by atoms with Gasteiger partial charge >= 0.3 is 0 Å².